The van der Waals surface area contributed by atoms with Crippen molar-refractivity contribution in [3.05, 3.63) is 47.3 Å². The van der Waals surface area contributed by atoms with E-state index in [0.717, 1.165) is 17.9 Å². The van der Waals surface area contributed by atoms with Crippen molar-refractivity contribution in [2.75, 3.05) is 17.3 Å². The molecule has 0 aliphatic carbocycles. The molecule has 19 heavy (non-hydrogen) atoms. The summed E-state index contributed by atoms with van der Waals surface area (Å²) >= 11 is 5.87. The van der Waals surface area contributed by atoms with Gasteiger partial charge in [-0.15, -0.1) is 16.7 Å². The maximum absolute atomic E-state index is 5.87. The Balaban J connectivity index is 2.21. The summed E-state index contributed by atoms with van der Waals surface area (Å²) in [7, 11) is 0. The number of hydrogen-bond acceptors (Lipinski definition) is 4. The van der Waals surface area contributed by atoms with Crippen molar-refractivity contribution in [1.82, 2.24) is 15.2 Å². The van der Waals surface area contributed by atoms with Crippen LogP contribution in [0.15, 0.2) is 30.3 Å². The van der Waals surface area contributed by atoms with Crippen LogP contribution in [0.3, 0.4) is 0 Å². The molecule has 1 aromatic carbocycles. The second-order valence-corrected chi connectivity index (χ2v) is 4.76. The van der Waals surface area contributed by atoms with E-state index < -0.39 is 0 Å². The number of nitrogens with zero attached hydrogens (tertiary/aromatic N) is 4. The zero-order chi connectivity index (χ0) is 13.7. The summed E-state index contributed by atoms with van der Waals surface area (Å²) in [6, 6.07) is 10.2. The molecule has 100 valence electrons. The van der Waals surface area contributed by atoms with E-state index >= 15 is 0 Å². The van der Waals surface area contributed by atoms with E-state index in [-0.39, 0.29) is 0 Å². The highest BCUT2D eigenvalue weighted by Gasteiger charge is 2.11. The zero-order valence-electron chi connectivity index (χ0n) is 11.2. The number of anilines is 1. The van der Waals surface area contributed by atoms with Crippen LogP contribution in [0, 0.1) is 13.8 Å². The maximum Gasteiger partial charge on any atom is 0.245 e. The number of hydrogen-bond donors (Lipinski definition) is 0. The lowest BCUT2D eigenvalue weighted by Gasteiger charge is -2.21. The first-order valence-corrected chi connectivity index (χ1v) is 6.77. The molecular formula is C14H17ClN4. The molecule has 0 atom stereocenters. The molecule has 0 amide bonds. The summed E-state index contributed by atoms with van der Waals surface area (Å²) in [6.07, 6.45) is 0. The van der Waals surface area contributed by atoms with Crippen LogP contribution in [-0.2, 0) is 6.54 Å². The first-order chi connectivity index (χ1) is 9.20. The molecule has 0 N–H and O–H groups in total. The lowest BCUT2D eigenvalue weighted by Crippen LogP contribution is -2.27. The smallest absolute Gasteiger partial charge is 0.245 e. The van der Waals surface area contributed by atoms with Crippen molar-refractivity contribution in [3.8, 4) is 0 Å². The highest BCUT2D eigenvalue weighted by Crippen LogP contribution is 2.13. The second-order valence-electron chi connectivity index (χ2n) is 4.38. The van der Waals surface area contributed by atoms with E-state index in [1.165, 1.54) is 5.56 Å². The van der Waals surface area contributed by atoms with Crippen molar-refractivity contribution in [2.45, 2.75) is 20.4 Å². The molecule has 0 saturated carbocycles. The Morgan fingerprint density at radius 3 is 2.42 bits per heavy atom. The van der Waals surface area contributed by atoms with E-state index in [9.17, 15) is 0 Å². The molecule has 4 nitrogen and oxygen atoms in total. The van der Waals surface area contributed by atoms with Crippen molar-refractivity contribution in [2.24, 2.45) is 0 Å². The first-order valence-electron chi connectivity index (χ1n) is 6.23. The molecule has 0 saturated heterocycles. The van der Waals surface area contributed by atoms with E-state index in [2.05, 4.69) is 27.3 Å². The SMILES string of the molecule is Cc1nnc(N(CCCl)Cc2ccccc2)nc1C. The summed E-state index contributed by atoms with van der Waals surface area (Å²) in [6.45, 7) is 5.27. The quantitative estimate of drug-likeness (QED) is 0.788. The summed E-state index contributed by atoms with van der Waals surface area (Å²) < 4.78 is 0. The second kappa shape index (κ2) is 6.48. The Kier molecular flexibility index (Phi) is 4.68. The minimum atomic E-state index is 0.531. The molecule has 1 heterocycles. The lowest BCUT2D eigenvalue weighted by molar-refractivity contribution is 0.757. The maximum atomic E-state index is 5.87. The van der Waals surface area contributed by atoms with Gasteiger partial charge in [-0.05, 0) is 19.4 Å². The predicted octanol–water partition coefficient (Wildman–Crippen LogP) is 2.73. The van der Waals surface area contributed by atoms with E-state index in [4.69, 9.17) is 11.6 Å². The molecule has 0 aliphatic rings. The summed E-state index contributed by atoms with van der Waals surface area (Å²) in [5.74, 6) is 1.16. The van der Waals surface area contributed by atoms with Crippen LogP contribution < -0.4 is 4.90 Å². The molecule has 1 aromatic heterocycles. The normalized spacial score (nSPS) is 10.5. The Morgan fingerprint density at radius 1 is 1.05 bits per heavy atom. The van der Waals surface area contributed by atoms with Crippen LogP contribution >= 0.6 is 11.6 Å². The molecule has 0 bridgehead atoms. The molecule has 5 heteroatoms. The average molecular weight is 277 g/mol. The largest absolute Gasteiger partial charge is 0.334 e. The Hall–Kier alpha value is -1.68. The van der Waals surface area contributed by atoms with Gasteiger partial charge in [-0.1, -0.05) is 30.3 Å². The van der Waals surface area contributed by atoms with Gasteiger partial charge >= 0.3 is 0 Å². The van der Waals surface area contributed by atoms with Gasteiger partial charge in [-0.3, -0.25) is 0 Å². The van der Waals surface area contributed by atoms with E-state index in [1.54, 1.807) is 0 Å². The third kappa shape index (κ3) is 3.64. The highest BCUT2D eigenvalue weighted by atomic mass is 35.5. The molecule has 0 fully saturated rings. The Bertz CT molecular complexity index is 530. The number of rotatable bonds is 5. The van der Waals surface area contributed by atoms with Crippen molar-refractivity contribution in [3.63, 3.8) is 0 Å². The molecule has 2 rings (SSSR count). The van der Waals surface area contributed by atoms with Gasteiger partial charge in [-0.2, -0.15) is 5.10 Å². The van der Waals surface area contributed by atoms with Gasteiger partial charge in [0.2, 0.25) is 5.95 Å². The summed E-state index contributed by atoms with van der Waals surface area (Å²) in [4.78, 5) is 6.52. The number of aromatic nitrogens is 3. The van der Waals surface area contributed by atoms with Gasteiger partial charge in [0.1, 0.15) is 0 Å². The molecule has 0 radical (unpaired) electrons. The molecule has 2 aromatic rings. The van der Waals surface area contributed by atoms with E-state index in [0.29, 0.717) is 18.4 Å². The fraction of sp³-hybridized carbons (Fsp3) is 0.357. The monoisotopic (exact) mass is 276 g/mol. The van der Waals surface area contributed by atoms with Gasteiger partial charge in [0.25, 0.3) is 0 Å². The Morgan fingerprint density at radius 2 is 1.79 bits per heavy atom. The third-order valence-electron chi connectivity index (χ3n) is 2.93. The molecular weight excluding hydrogens is 260 g/mol. The lowest BCUT2D eigenvalue weighted by atomic mass is 10.2. The number of aryl methyl sites for hydroxylation is 2. The van der Waals surface area contributed by atoms with Crippen LogP contribution in [0.1, 0.15) is 17.0 Å². The molecule has 0 unspecified atom stereocenters. The fourth-order valence-electron chi connectivity index (χ4n) is 1.73. The predicted molar refractivity (Wildman–Crippen MR) is 77.5 cm³/mol. The first kappa shape index (κ1) is 13.7. The van der Waals surface area contributed by atoms with Crippen molar-refractivity contribution >= 4 is 17.5 Å². The summed E-state index contributed by atoms with van der Waals surface area (Å²) in [5, 5.41) is 8.29. The Labute approximate surface area is 118 Å². The van der Waals surface area contributed by atoms with Gasteiger partial charge in [0, 0.05) is 19.0 Å². The van der Waals surface area contributed by atoms with Crippen LogP contribution in [-0.4, -0.2) is 27.6 Å². The standard InChI is InChI=1S/C14H17ClN4/c1-11-12(2)17-18-14(16-11)19(9-8-15)10-13-6-4-3-5-7-13/h3-7H,8-10H2,1-2H3. The van der Waals surface area contributed by atoms with Crippen molar-refractivity contribution in [1.29, 1.82) is 0 Å². The number of alkyl halides is 1. The van der Waals surface area contributed by atoms with Gasteiger partial charge < -0.3 is 4.90 Å². The summed E-state index contributed by atoms with van der Waals surface area (Å²) in [5.41, 5.74) is 2.96. The fourth-order valence-corrected chi connectivity index (χ4v) is 1.94. The zero-order valence-corrected chi connectivity index (χ0v) is 11.9. The van der Waals surface area contributed by atoms with Gasteiger partial charge in [-0.25, -0.2) is 4.98 Å². The highest BCUT2D eigenvalue weighted by molar-refractivity contribution is 6.18. The molecule has 0 spiro atoms. The van der Waals surface area contributed by atoms with Crippen LogP contribution in [0.2, 0.25) is 0 Å². The number of halogens is 1. The van der Waals surface area contributed by atoms with Crippen molar-refractivity contribution < 1.29 is 0 Å². The minimum absolute atomic E-state index is 0.531. The molecule has 0 aliphatic heterocycles. The van der Waals surface area contributed by atoms with Crippen LogP contribution in [0.5, 0.6) is 0 Å². The topological polar surface area (TPSA) is 41.9 Å². The van der Waals surface area contributed by atoms with Gasteiger partial charge in [0.15, 0.2) is 0 Å². The number of benzene rings is 1. The van der Waals surface area contributed by atoms with Gasteiger partial charge in [0.05, 0.1) is 11.4 Å². The average Bonchev–Trinajstić information content (AvgIpc) is 2.43. The minimum Gasteiger partial charge on any atom is -0.334 e. The van der Waals surface area contributed by atoms with Crippen LogP contribution in [0.4, 0.5) is 5.95 Å². The van der Waals surface area contributed by atoms with Crippen LogP contribution in [0.25, 0.3) is 0 Å². The third-order valence-corrected chi connectivity index (χ3v) is 3.10. The van der Waals surface area contributed by atoms with E-state index in [1.807, 2.05) is 36.9 Å².